The fraction of sp³-hybridized carbons (Fsp3) is 0.348. The molecule has 2 aromatic rings. The molecule has 0 spiro atoms. The average Bonchev–Trinajstić information content (AvgIpc) is 2.73. The van der Waals surface area contributed by atoms with Gasteiger partial charge in [0.1, 0.15) is 5.75 Å². The Morgan fingerprint density at radius 3 is 2.69 bits per heavy atom. The molecular weight excluding hydrogens is 368 g/mol. The zero-order chi connectivity index (χ0) is 20.8. The number of hydrogen-bond acceptors (Lipinski definition) is 4. The number of amides is 2. The third kappa shape index (κ3) is 5.02. The highest BCUT2D eigenvalue weighted by atomic mass is 16.5. The summed E-state index contributed by atoms with van der Waals surface area (Å²) in [6, 6.07) is 12.3. The Morgan fingerprint density at radius 1 is 1.10 bits per heavy atom. The number of nitrogens with zero attached hydrogens (tertiary/aromatic N) is 1. The molecule has 152 valence electrons. The highest BCUT2D eigenvalue weighted by Gasteiger charge is 2.26. The van der Waals surface area contributed by atoms with Crippen LogP contribution in [0, 0.1) is 0 Å². The summed E-state index contributed by atoms with van der Waals surface area (Å²) in [5, 5.41) is 2.93. The minimum atomic E-state index is -0.187. The second kappa shape index (κ2) is 9.37. The monoisotopic (exact) mass is 394 g/mol. The number of carbonyl (C=O) groups excluding carboxylic acids is 3. The Kier molecular flexibility index (Phi) is 6.65. The van der Waals surface area contributed by atoms with Crippen LogP contribution in [-0.4, -0.2) is 30.7 Å². The molecule has 6 heteroatoms. The lowest BCUT2D eigenvalue weighted by Gasteiger charge is -2.30. The summed E-state index contributed by atoms with van der Waals surface area (Å²) in [7, 11) is 0. The second-order valence-electron chi connectivity index (χ2n) is 7.17. The number of rotatable bonds is 8. The molecule has 1 aliphatic heterocycles. The molecule has 0 atom stereocenters. The minimum absolute atomic E-state index is 0.0516. The van der Waals surface area contributed by atoms with Gasteiger partial charge in [0.05, 0.1) is 12.2 Å². The standard InChI is InChI=1S/C23H26N2O4/c1-3-4-5-11-24-23(28)19-8-6-7-17(12-19)14-25-20-13-18(16(2)26)9-10-21(20)29-15-22(25)27/h6-10,12-13H,3-5,11,14-15H2,1-2H3,(H,24,28). The third-order valence-corrected chi connectivity index (χ3v) is 4.90. The maximum Gasteiger partial charge on any atom is 0.265 e. The Morgan fingerprint density at radius 2 is 1.93 bits per heavy atom. The zero-order valence-electron chi connectivity index (χ0n) is 16.9. The van der Waals surface area contributed by atoms with Crippen LogP contribution in [0.15, 0.2) is 42.5 Å². The van der Waals surface area contributed by atoms with E-state index in [1.165, 1.54) is 6.92 Å². The SMILES string of the molecule is CCCCCNC(=O)c1cccc(CN2C(=O)COc3ccc(C(C)=O)cc32)c1. The number of benzene rings is 2. The van der Waals surface area contributed by atoms with E-state index in [9.17, 15) is 14.4 Å². The minimum Gasteiger partial charge on any atom is -0.482 e. The van der Waals surface area contributed by atoms with E-state index in [0.717, 1.165) is 24.8 Å². The van der Waals surface area contributed by atoms with Crippen LogP contribution >= 0.6 is 0 Å². The molecule has 3 rings (SSSR count). The summed E-state index contributed by atoms with van der Waals surface area (Å²) in [6.45, 7) is 4.51. The van der Waals surface area contributed by atoms with E-state index < -0.39 is 0 Å². The number of anilines is 1. The van der Waals surface area contributed by atoms with Gasteiger partial charge in [0.2, 0.25) is 0 Å². The molecule has 0 saturated carbocycles. The number of carbonyl (C=O) groups is 3. The van der Waals surface area contributed by atoms with Crippen LogP contribution in [0.5, 0.6) is 5.75 Å². The van der Waals surface area contributed by atoms with Gasteiger partial charge in [-0.1, -0.05) is 31.9 Å². The number of fused-ring (bicyclic) bond motifs is 1. The highest BCUT2D eigenvalue weighted by molar-refractivity contribution is 6.01. The van der Waals surface area contributed by atoms with Crippen LogP contribution < -0.4 is 15.0 Å². The first-order chi connectivity index (χ1) is 14.0. The van der Waals surface area contributed by atoms with E-state index in [1.54, 1.807) is 35.2 Å². The summed E-state index contributed by atoms with van der Waals surface area (Å²) in [5.74, 6) is 0.190. The van der Waals surface area contributed by atoms with Crippen LogP contribution in [0.4, 0.5) is 5.69 Å². The van der Waals surface area contributed by atoms with Gasteiger partial charge in [0.15, 0.2) is 12.4 Å². The molecule has 1 aliphatic rings. The number of ether oxygens (including phenoxy) is 1. The van der Waals surface area contributed by atoms with Gasteiger partial charge in [0, 0.05) is 17.7 Å². The van der Waals surface area contributed by atoms with Gasteiger partial charge < -0.3 is 15.0 Å². The van der Waals surface area contributed by atoms with Crippen LogP contribution in [0.2, 0.25) is 0 Å². The van der Waals surface area contributed by atoms with Crippen molar-refractivity contribution < 1.29 is 19.1 Å². The average molecular weight is 394 g/mol. The van der Waals surface area contributed by atoms with Crippen molar-refractivity contribution in [1.29, 1.82) is 0 Å². The lowest BCUT2D eigenvalue weighted by atomic mass is 10.1. The molecule has 0 unspecified atom stereocenters. The first-order valence-corrected chi connectivity index (χ1v) is 9.95. The maximum atomic E-state index is 12.5. The van der Waals surface area contributed by atoms with Crippen LogP contribution in [0.25, 0.3) is 0 Å². The van der Waals surface area contributed by atoms with Crippen molar-refractivity contribution in [3.63, 3.8) is 0 Å². The van der Waals surface area contributed by atoms with Crippen molar-refractivity contribution in [2.45, 2.75) is 39.7 Å². The largest absolute Gasteiger partial charge is 0.482 e. The van der Waals surface area contributed by atoms with Crippen LogP contribution in [0.3, 0.4) is 0 Å². The fourth-order valence-corrected chi connectivity index (χ4v) is 3.27. The van der Waals surface area contributed by atoms with Gasteiger partial charge in [-0.2, -0.15) is 0 Å². The van der Waals surface area contributed by atoms with Crippen molar-refractivity contribution in [3.05, 3.63) is 59.2 Å². The summed E-state index contributed by atoms with van der Waals surface area (Å²) >= 11 is 0. The summed E-state index contributed by atoms with van der Waals surface area (Å²) in [6.07, 6.45) is 3.15. The van der Waals surface area contributed by atoms with Crippen molar-refractivity contribution in [2.24, 2.45) is 0 Å². The molecule has 0 aromatic heterocycles. The van der Waals surface area contributed by atoms with E-state index in [2.05, 4.69) is 12.2 Å². The predicted molar refractivity (Wildman–Crippen MR) is 111 cm³/mol. The van der Waals surface area contributed by atoms with Crippen molar-refractivity contribution in [2.75, 3.05) is 18.1 Å². The number of Topliss-reactive ketones (excluding diaryl/α,β-unsaturated/α-hetero) is 1. The Balaban J connectivity index is 1.78. The molecule has 1 heterocycles. The van der Waals surface area contributed by atoms with E-state index >= 15 is 0 Å². The molecule has 0 saturated heterocycles. The maximum absolute atomic E-state index is 12.5. The van der Waals surface area contributed by atoms with Gasteiger partial charge >= 0.3 is 0 Å². The van der Waals surface area contributed by atoms with Gasteiger partial charge in [-0.05, 0) is 49.2 Å². The van der Waals surface area contributed by atoms with E-state index in [1.807, 2.05) is 12.1 Å². The quantitative estimate of drug-likeness (QED) is 0.547. The first-order valence-electron chi connectivity index (χ1n) is 9.95. The predicted octanol–water partition coefficient (Wildman–Crippen LogP) is 3.73. The lowest BCUT2D eigenvalue weighted by molar-refractivity contribution is -0.121. The summed E-state index contributed by atoms with van der Waals surface area (Å²) < 4.78 is 5.50. The molecule has 0 radical (unpaired) electrons. The first kappa shape index (κ1) is 20.6. The van der Waals surface area contributed by atoms with Crippen molar-refractivity contribution in [1.82, 2.24) is 5.32 Å². The number of unbranched alkanes of at least 4 members (excludes halogenated alkanes) is 2. The highest BCUT2D eigenvalue weighted by Crippen LogP contribution is 2.34. The lowest BCUT2D eigenvalue weighted by Crippen LogP contribution is -2.38. The smallest absolute Gasteiger partial charge is 0.265 e. The number of ketones is 1. The molecule has 1 N–H and O–H groups in total. The fourth-order valence-electron chi connectivity index (χ4n) is 3.27. The molecule has 6 nitrogen and oxygen atoms in total. The van der Waals surface area contributed by atoms with Crippen molar-refractivity contribution in [3.8, 4) is 5.75 Å². The zero-order valence-corrected chi connectivity index (χ0v) is 16.9. The van der Waals surface area contributed by atoms with Crippen LogP contribution in [-0.2, 0) is 11.3 Å². The summed E-state index contributed by atoms with van der Waals surface area (Å²) in [5.41, 5.74) is 2.49. The van der Waals surface area contributed by atoms with Crippen LogP contribution in [0.1, 0.15) is 59.4 Å². The topological polar surface area (TPSA) is 75.7 Å². The van der Waals surface area contributed by atoms with Gasteiger partial charge in [-0.3, -0.25) is 14.4 Å². The number of hydrogen-bond donors (Lipinski definition) is 1. The van der Waals surface area contributed by atoms with Crippen molar-refractivity contribution >= 4 is 23.3 Å². The third-order valence-electron chi connectivity index (χ3n) is 4.90. The normalized spacial score (nSPS) is 12.9. The van der Waals surface area contributed by atoms with E-state index in [0.29, 0.717) is 35.7 Å². The Bertz CT molecular complexity index is 923. The van der Waals surface area contributed by atoms with Gasteiger partial charge in [-0.25, -0.2) is 0 Å². The molecule has 0 fully saturated rings. The van der Waals surface area contributed by atoms with E-state index in [4.69, 9.17) is 4.74 Å². The second-order valence-corrected chi connectivity index (χ2v) is 7.17. The molecule has 2 aromatic carbocycles. The van der Waals surface area contributed by atoms with E-state index in [-0.39, 0.29) is 24.2 Å². The number of nitrogens with one attached hydrogen (secondary N) is 1. The van der Waals surface area contributed by atoms with Gasteiger partial charge in [-0.15, -0.1) is 0 Å². The molecular formula is C23H26N2O4. The summed E-state index contributed by atoms with van der Waals surface area (Å²) in [4.78, 5) is 38.2. The Labute approximate surface area is 170 Å². The molecule has 0 aliphatic carbocycles. The Hall–Kier alpha value is -3.15. The van der Waals surface area contributed by atoms with Gasteiger partial charge in [0.25, 0.3) is 11.8 Å². The molecule has 29 heavy (non-hydrogen) atoms. The molecule has 0 bridgehead atoms. The molecule has 2 amide bonds.